The average Bonchev–Trinajstić information content (AvgIpc) is 3.12. The molecule has 1 fully saturated rings. The molecule has 2 N–H and O–H groups in total. The molecule has 0 radical (unpaired) electrons. The van der Waals surface area contributed by atoms with Gasteiger partial charge in [-0.1, -0.05) is 6.07 Å². The smallest absolute Gasteiger partial charge is 0.229 e. The zero-order valence-corrected chi connectivity index (χ0v) is 13.1. The maximum Gasteiger partial charge on any atom is 0.229 e. The topological polar surface area (TPSA) is 86.8 Å². The molecule has 2 aromatic heterocycles. The number of fused-ring (bicyclic) bond motifs is 1. The molecule has 0 aliphatic carbocycles. The molecule has 4 rings (SSSR count). The van der Waals surface area contributed by atoms with E-state index in [-0.39, 0.29) is 11.8 Å². The number of hydrogen-bond donors (Lipinski definition) is 2. The quantitative estimate of drug-likeness (QED) is 0.772. The number of rotatable bonds is 3. The highest BCUT2D eigenvalue weighted by atomic mass is 16.1. The summed E-state index contributed by atoms with van der Waals surface area (Å²) in [5.41, 5.74) is 2.44. The van der Waals surface area contributed by atoms with Crippen LogP contribution in [0.15, 0.2) is 43.0 Å². The Morgan fingerprint density at radius 3 is 2.96 bits per heavy atom. The van der Waals surface area contributed by atoms with Gasteiger partial charge in [-0.2, -0.15) is 0 Å². The third-order valence-corrected chi connectivity index (χ3v) is 4.33. The molecule has 3 heterocycles. The van der Waals surface area contributed by atoms with Crippen molar-refractivity contribution in [3.05, 3.63) is 43.0 Å². The van der Waals surface area contributed by atoms with Gasteiger partial charge in [-0.05, 0) is 31.0 Å². The van der Waals surface area contributed by atoms with Crippen molar-refractivity contribution in [2.24, 2.45) is 5.92 Å². The number of amides is 1. The fourth-order valence-electron chi connectivity index (χ4n) is 3.13. The number of aromatic amines is 1. The van der Waals surface area contributed by atoms with E-state index in [1.807, 2.05) is 18.2 Å². The molecule has 1 amide bonds. The van der Waals surface area contributed by atoms with Crippen LogP contribution in [0.1, 0.15) is 12.8 Å². The summed E-state index contributed by atoms with van der Waals surface area (Å²) in [6, 6.07) is 7.51. The summed E-state index contributed by atoms with van der Waals surface area (Å²) in [4.78, 5) is 30.7. The predicted octanol–water partition coefficient (Wildman–Crippen LogP) is 2.21. The summed E-state index contributed by atoms with van der Waals surface area (Å²) in [5, 5.41) is 3.02. The standard InChI is InChI=1S/C17H18N6O/c24-16(22-14-6-1-5-13-15(14)21-11-20-13)12-4-2-9-23(10-12)17-18-7-3-8-19-17/h1,3,5-8,11-12H,2,4,9-10H2,(H,20,21)(H,22,24)/t12-/m0/s1. The van der Waals surface area contributed by atoms with Crippen molar-refractivity contribution in [3.63, 3.8) is 0 Å². The number of nitrogens with zero attached hydrogens (tertiary/aromatic N) is 4. The maximum absolute atomic E-state index is 12.7. The minimum atomic E-state index is -0.0863. The number of anilines is 2. The van der Waals surface area contributed by atoms with Crippen LogP contribution in [-0.2, 0) is 4.79 Å². The van der Waals surface area contributed by atoms with Crippen molar-refractivity contribution in [1.82, 2.24) is 19.9 Å². The lowest BCUT2D eigenvalue weighted by Gasteiger charge is -2.31. The summed E-state index contributed by atoms with van der Waals surface area (Å²) >= 11 is 0. The first-order chi connectivity index (χ1) is 11.8. The second-order valence-corrected chi connectivity index (χ2v) is 5.93. The van der Waals surface area contributed by atoms with E-state index >= 15 is 0 Å². The molecule has 7 nitrogen and oxygen atoms in total. The van der Waals surface area contributed by atoms with Gasteiger partial charge in [-0.25, -0.2) is 15.0 Å². The van der Waals surface area contributed by atoms with Crippen LogP contribution < -0.4 is 10.2 Å². The van der Waals surface area contributed by atoms with Gasteiger partial charge in [0.05, 0.1) is 23.4 Å². The van der Waals surface area contributed by atoms with Crippen LogP contribution in [-0.4, -0.2) is 38.9 Å². The summed E-state index contributed by atoms with van der Waals surface area (Å²) in [5.74, 6) is 0.618. The largest absolute Gasteiger partial charge is 0.345 e. The van der Waals surface area contributed by atoms with E-state index in [1.54, 1.807) is 24.8 Å². The summed E-state index contributed by atoms with van der Waals surface area (Å²) in [6.07, 6.45) is 6.90. The lowest BCUT2D eigenvalue weighted by atomic mass is 9.97. The molecular weight excluding hydrogens is 304 g/mol. The SMILES string of the molecule is O=C(Nc1cccc2[nH]cnc12)[C@H]1CCCN(c2ncccn2)C1. The lowest BCUT2D eigenvalue weighted by molar-refractivity contribution is -0.120. The Balaban J connectivity index is 1.49. The Morgan fingerprint density at radius 1 is 1.21 bits per heavy atom. The highest BCUT2D eigenvalue weighted by molar-refractivity contribution is 6.00. The summed E-state index contributed by atoms with van der Waals surface area (Å²) in [6.45, 7) is 1.51. The molecule has 0 bridgehead atoms. The van der Waals surface area contributed by atoms with E-state index in [4.69, 9.17) is 0 Å². The molecule has 1 aromatic carbocycles. The van der Waals surface area contributed by atoms with Gasteiger partial charge in [-0.15, -0.1) is 0 Å². The number of imidazole rings is 1. The lowest BCUT2D eigenvalue weighted by Crippen LogP contribution is -2.41. The van der Waals surface area contributed by atoms with Crippen molar-refractivity contribution in [3.8, 4) is 0 Å². The van der Waals surface area contributed by atoms with Crippen LogP contribution in [0.4, 0.5) is 11.6 Å². The minimum absolute atomic E-state index is 0.0196. The second kappa shape index (κ2) is 6.27. The number of carbonyl (C=O) groups excluding carboxylic acids is 1. The van der Waals surface area contributed by atoms with Gasteiger partial charge in [0.15, 0.2) is 0 Å². The number of nitrogens with one attached hydrogen (secondary N) is 2. The molecule has 1 saturated heterocycles. The van der Waals surface area contributed by atoms with Gasteiger partial charge in [0.2, 0.25) is 11.9 Å². The highest BCUT2D eigenvalue weighted by Gasteiger charge is 2.27. The monoisotopic (exact) mass is 322 g/mol. The van der Waals surface area contributed by atoms with Gasteiger partial charge in [0.25, 0.3) is 0 Å². The molecule has 122 valence electrons. The van der Waals surface area contributed by atoms with Gasteiger partial charge in [0, 0.05) is 25.5 Å². The Bertz CT molecular complexity index is 846. The van der Waals surface area contributed by atoms with Crippen LogP contribution >= 0.6 is 0 Å². The summed E-state index contributed by atoms with van der Waals surface area (Å²) in [7, 11) is 0. The van der Waals surface area contributed by atoms with Gasteiger partial charge in [0.1, 0.15) is 5.52 Å². The molecule has 24 heavy (non-hydrogen) atoms. The van der Waals surface area contributed by atoms with Crippen LogP contribution in [0, 0.1) is 5.92 Å². The number of piperidine rings is 1. The van der Waals surface area contributed by atoms with Crippen LogP contribution in [0.5, 0.6) is 0 Å². The van der Waals surface area contributed by atoms with Crippen LogP contribution in [0.2, 0.25) is 0 Å². The van der Waals surface area contributed by atoms with Gasteiger partial charge >= 0.3 is 0 Å². The summed E-state index contributed by atoms with van der Waals surface area (Å²) < 4.78 is 0. The number of benzene rings is 1. The van der Waals surface area contributed by atoms with E-state index in [0.29, 0.717) is 12.5 Å². The van der Waals surface area contributed by atoms with Gasteiger partial charge in [-0.3, -0.25) is 4.79 Å². The fourth-order valence-corrected chi connectivity index (χ4v) is 3.13. The van der Waals surface area contributed by atoms with Crippen LogP contribution in [0.25, 0.3) is 11.0 Å². The third kappa shape index (κ3) is 2.80. The molecule has 3 aromatic rings. The number of carbonyl (C=O) groups is 1. The predicted molar refractivity (Wildman–Crippen MR) is 91.7 cm³/mol. The van der Waals surface area contributed by atoms with Crippen molar-refractivity contribution < 1.29 is 4.79 Å². The Kier molecular flexibility index (Phi) is 3.82. The Morgan fingerprint density at radius 2 is 2.08 bits per heavy atom. The molecule has 1 atom stereocenters. The number of hydrogen-bond acceptors (Lipinski definition) is 5. The van der Waals surface area contributed by atoms with Crippen molar-refractivity contribution in [1.29, 1.82) is 0 Å². The molecule has 0 saturated carbocycles. The maximum atomic E-state index is 12.7. The Labute approximate surface area is 139 Å². The van der Waals surface area contributed by atoms with Crippen molar-refractivity contribution >= 4 is 28.6 Å². The van der Waals surface area contributed by atoms with Gasteiger partial charge < -0.3 is 15.2 Å². The first-order valence-corrected chi connectivity index (χ1v) is 8.06. The molecule has 1 aliphatic heterocycles. The van der Waals surface area contributed by atoms with E-state index in [9.17, 15) is 4.79 Å². The minimum Gasteiger partial charge on any atom is -0.345 e. The first-order valence-electron chi connectivity index (χ1n) is 8.06. The van der Waals surface area contributed by atoms with Crippen molar-refractivity contribution in [2.45, 2.75) is 12.8 Å². The third-order valence-electron chi connectivity index (χ3n) is 4.33. The number of aromatic nitrogens is 4. The zero-order valence-electron chi connectivity index (χ0n) is 13.1. The Hall–Kier alpha value is -2.96. The second-order valence-electron chi connectivity index (χ2n) is 5.93. The molecule has 1 aliphatic rings. The number of H-pyrrole nitrogens is 1. The highest BCUT2D eigenvalue weighted by Crippen LogP contribution is 2.24. The number of para-hydroxylation sites is 1. The zero-order chi connectivity index (χ0) is 16.4. The molecule has 0 spiro atoms. The van der Waals surface area contributed by atoms with E-state index in [2.05, 4.69) is 30.2 Å². The van der Waals surface area contributed by atoms with Crippen molar-refractivity contribution in [2.75, 3.05) is 23.3 Å². The normalized spacial score (nSPS) is 17.8. The average molecular weight is 322 g/mol. The first kappa shape index (κ1) is 14.6. The van der Waals surface area contributed by atoms with E-state index in [0.717, 1.165) is 36.1 Å². The van der Waals surface area contributed by atoms with E-state index < -0.39 is 0 Å². The molecule has 7 heteroatoms. The van der Waals surface area contributed by atoms with E-state index in [1.165, 1.54) is 0 Å². The molecular formula is C17H18N6O. The molecule has 0 unspecified atom stereocenters. The van der Waals surface area contributed by atoms with Crippen LogP contribution in [0.3, 0.4) is 0 Å². The fraction of sp³-hybridized carbons (Fsp3) is 0.294.